The molecule has 0 bridgehead atoms. The molecule has 1 amide bonds. The van der Waals surface area contributed by atoms with Gasteiger partial charge < -0.3 is 4.90 Å². The highest BCUT2D eigenvalue weighted by molar-refractivity contribution is 8.01. The van der Waals surface area contributed by atoms with Crippen LogP contribution in [0.4, 0.5) is 0 Å². The topological polar surface area (TPSA) is 20.3 Å². The van der Waals surface area contributed by atoms with Crippen LogP contribution in [-0.4, -0.2) is 27.5 Å². The predicted molar refractivity (Wildman–Crippen MR) is 62.3 cm³/mol. The third-order valence-corrected chi connectivity index (χ3v) is 4.11. The zero-order valence-electron chi connectivity index (χ0n) is 10.0. The summed E-state index contributed by atoms with van der Waals surface area (Å²) in [6.07, 6.45) is 0. The number of nitrogens with zero attached hydrogens (tertiary/aromatic N) is 1. The van der Waals surface area contributed by atoms with Crippen LogP contribution in [0.25, 0.3) is 0 Å². The lowest BCUT2D eigenvalue weighted by Crippen LogP contribution is -2.45. The average Bonchev–Trinajstić information content (AvgIpc) is 2.26. The van der Waals surface area contributed by atoms with Gasteiger partial charge in [0.1, 0.15) is 0 Å². The van der Waals surface area contributed by atoms with Gasteiger partial charge in [0.05, 0.1) is 11.1 Å². The molecule has 0 N–H and O–H groups in total. The predicted octanol–water partition coefficient (Wildman–Crippen LogP) is 2.73. The van der Waals surface area contributed by atoms with Crippen molar-refractivity contribution < 1.29 is 4.79 Å². The highest BCUT2D eigenvalue weighted by atomic mass is 32.2. The molecule has 1 saturated heterocycles. The van der Waals surface area contributed by atoms with E-state index in [4.69, 9.17) is 0 Å². The van der Waals surface area contributed by atoms with E-state index in [1.165, 1.54) is 0 Å². The van der Waals surface area contributed by atoms with Gasteiger partial charge in [-0.1, -0.05) is 20.8 Å². The highest BCUT2D eigenvalue weighted by Gasteiger charge is 2.43. The van der Waals surface area contributed by atoms with Crippen molar-refractivity contribution in [2.45, 2.75) is 52.3 Å². The van der Waals surface area contributed by atoms with Crippen molar-refractivity contribution in [3.05, 3.63) is 0 Å². The average molecular weight is 215 g/mol. The first-order valence-electron chi connectivity index (χ1n) is 5.07. The second-order valence-electron chi connectivity index (χ2n) is 5.98. The number of hydrogen-bond acceptors (Lipinski definition) is 2. The molecule has 0 radical (unpaired) electrons. The Bertz CT molecular complexity index is 213. The molecule has 82 valence electrons. The smallest absolute Gasteiger partial charge is 0.237 e. The minimum atomic E-state index is -0.0376. The van der Waals surface area contributed by atoms with Crippen molar-refractivity contribution in [3.8, 4) is 0 Å². The highest BCUT2D eigenvalue weighted by Crippen LogP contribution is 2.39. The van der Waals surface area contributed by atoms with Crippen molar-refractivity contribution in [1.82, 2.24) is 4.90 Å². The van der Waals surface area contributed by atoms with E-state index in [0.29, 0.717) is 5.91 Å². The van der Waals surface area contributed by atoms with E-state index >= 15 is 0 Å². The Hall–Kier alpha value is -0.180. The van der Waals surface area contributed by atoms with Crippen molar-refractivity contribution in [2.24, 2.45) is 5.41 Å². The number of amides is 1. The van der Waals surface area contributed by atoms with Crippen molar-refractivity contribution in [2.75, 3.05) is 5.88 Å². The Morgan fingerprint density at radius 2 is 1.71 bits per heavy atom. The molecule has 1 fully saturated rings. The Kier molecular flexibility index (Phi) is 2.92. The number of carbonyl (C=O) groups is 1. The SMILES string of the molecule is CC(C)(C)C1SCN(C(C)(C)C)C1=O. The molecule has 14 heavy (non-hydrogen) atoms. The van der Waals surface area contributed by atoms with E-state index in [2.05, 4.69) is 41.5 Å². The minimum absolute atomic E-state index is 0.0376. The van der Waals surface area contributed by atoms with Gasteiger partial charge in [0.25, 0.3) is 0 Å². The molecule has 1 atom stereocenters. The van der Waals surface area contributed by atoms with Crippen LogP contribution in [0.5, 0.6) is 0 Å². The zero-order valence-corrected chi connectivity index (χ0v) is 10.9. The third-order valence-electron chi connectivity index (χ3n) is 2.46. The van der Waals surface area contributed by atoms with Gasteiger partial charge in [-0.3, -0.25) is 4.79 Å². The number of carbonyl (C=O) groups excluding carboxylic acids is 1. The summed E-state index contributed by atoms with van der Waals surface area (Å²) in [5.41, 5.74) is 0.0336. The molecule has 0 spiro atoms. The quantitative estimate of drug-likeness (QED) is 0.619. The van der Waals surface area contributed by atoms with E-state index < -0.39 is 0 Å². The lowest BCUT2D eigenvalue weighted by atomic mass is 9.90. The van der Waals surface area contributed by atoms with Crippen LogP contribution in [0.15, 0.2) is 0 Å². The summed E-state index contributed by atoms with van der Waals surface area (Å²) in [6, 6.07) is 0. The van der Waals surface area contributed by atoms with Gasteiger partial charge >= 0.3 is 0 Å². The Morgan fingerprint density at radius 1 is 1.21 bits per heavy atom. The normalized spacial score (nSPS) is 24.6. The molecule has 3 heteroatoms. The Labute approximate surface area is 91.4 Å². The van der Waals surface area contributed by atoms with Crippen LogP contribution in [-0.2, 0) is 4.79 Å². The molecule has 1 aliphatic heterocycles. The number of thioether (sulfide) groups is 1. The van der Waals surface area contributed by atoms with Crippen LogP contribution < -0.4 is 0 Å². The van der Waals surface area contributed by atoms with E-state index in [9.17, 15) is 4.79 Å². The maximum absolute atomic E-state index is 12.1. The second-order valence-corrected chi connectivity index (χ2v) is 7.04. The van der Waals surface area contributed by atoms with Crippen LogP contribution in [0, 0.1) is 5.41 Å². The van der Waals surface area contributed by atoms with Gasteiger partial charge in [0.2, 0.25) is 5.91 Å². The summed E-state index contributed by atoms with van der Waals surface area (Å²) < 4.78 is 0. The maximum atomic E-state index is 12.1. The molecule has 0 aromatic heterocycles. The largest absolute Gasteiger partial charge is 0.328 e. The summed E-state index contributed by atoms with van der Waals surface area (Å²) in [5, 5.41) is 0.127. The molecular formula is C11H21NOS. The fourth-order valence-electron chi connectivity index (χ4n) is 1.57. The maximum Gasteiger partial charge on any atom is 0.237 e. The molecule has 1 heterocycles. The molecule has 0 aromatic rings. The minimum Gasteiger partial charge on any atom is -0.328 e. The lowest BCUT2D eigenvalue weighted by molar-refractivity contribution is -0.134. The number of hydrogen-bond donors (Lipinski definition) is 0. The molecule has 1 unspecified atom stereocenters. The van der Waals surface area contributed by atoms with Gasteiger partial charge in [0, 0.05) is 5.54 Å². The lowest BCUT2D eigenvalue weighted by Gasteiger charge is -2.32. The molecule has 0 saturated carbocycles. The van der Waals surface area contributed by atoms with E-state index in [1.54, 1.807) is 11.8 Å². The van der Waals surface area contributed by atoms with Gasteiger partial charge in [-0.05, 0) is 26.2 Å². The fourth-order valence-corrected chi connectivity index (χ4v) is 3.15. The zero-order chi connectivity index (χ0) is 11.1. The number of rotatable bonds is 0. The monoisotopic (exact) mass is 215 g/mol. The first-order chi connectivity index (χ1) is 6.14. The van der Waals surface area contributed by atoms with Crippen molar-refractivity contribution >= 4 is 17.7 Å². The van der Waals surface area contributed by atoms with Gasteiger partial charge in [-0.2, -0.15) is 0 Å². The van der Waals surface area contributed by atoms with E-state index in [-0.39, 0.29) is 16.2 Å². The summed E-state index contributed by atoms with van der Waals surface area (Å²) in [7, 11) is 0. The van der Waals surface area contributed by atoms with Gasteiger partial charge in [-0.25, -0.2) is 0 Å². The van der Waals surface area contributed by atoms with E-state index in [1.807, 2.05) is 4.90 Å². The van der Waals surface area contributed by atoms with Crippen LogP contribution in [0.2, 0.25) is 0 Å². The third kappa shape index (κ3) is 2.25. The summed E-state index contributed by atoms with van der Waals surface area (Å²) in [6.45, 7) is 12.7. The summed E-state index contributed by atoms with van der Waals surface area (Å²) >= 11 is 1.77. The summed E-state index contributed by atoms with van der Waals surface area (Å²) in [4.78, 5) is 14.1. The standard InChI is InChI=1S/C11H21NOS/c1-10(2,3)8-9(13)12(7-14-8)11(4,5)6/h8H,7H2,1-6H3. The molecule has 2 nitrogen and oxygen atoms in total. The molecule has 1 aliphatic rings. The second kappa shape index (κ2) is 3.44. The molecule has 1 rings (SSSR count). The van der Waals surface area contributed by atoms with Crippen LogP contribution in [0.3, 0.4) is 0 Å². The molecule has 0 aromatic carbocycles. The van der Waals surface area contributed by atoms with Crippen molar-refractivity contribution in [1.29, 1.82) is 0 Å². The molecule has 0 aliphatic carbocycles. The Balaban J connectivity index is 2.80. The Morgan fingerprint density at radius 3 is 1.93 bits per heavy atom. The fraction of sp³-hybridized carbons (Fsp3) is 0.909. The van der Waals surface area contributed by atoms with Crippen LogP contribution >= 0.6 is 11.8 Å². The van der Waals surface area contributed by atoms with Crippen LogP contribution in [0.1, 0.15) is 41.5 Å². The molecular weight excluding hydrogens is 194 g/mol. The summed E-state index contributed by atoms with van der Waals surface area (Å²) in [5.74, 6) is 1.14. The first-order valence-corrected chi connectivity index (χ1v) is 6.12. The van der Waals surface area contributed by atoms with Gasteiger partial charge in [0.15, 0.2) is 0 Å². The first kappa shape index (κ1) is 11.9. The van der Waals surface area contributed by atoms with E-state index in [0.717, 1.165) is 5.88 Å². The van der Waals surface area contributed by atoms with Crippen molar-refractivity contribution in [3.63, 3.8) is 0 Å². The van der Waals surface area contributed by atoms with Gasteiger partial charge in [-0.15, -0.1) is 11.8 Å².